The summed E-state index contributed by atoms with van der Waals surface area (Å²) in [4.78, 5) is 0. The van der Waals surface area contributed by atoms with Crippen molar-refractivity contribution < 1.29 is 0 Å². The van der Waals surface area contributed by atoms with Crippen molar-refractivity contribution in [2.24, 2.45) is 0 Å². The van der Waals surface area contributed by atoms with Crippen molar-refractivity contribution >= 4 is 25.6 Å². The first kappa shape index (κ1) is 17.8. The van der Waals surface area contributed by atoms with E-state index in [1.807, 2.05) is 0 Å². The number of rotatable bonds is 12. The van der Waals surface area contributed by atoms with Gasteiger partial charge in [0.1, 0.15) is 0 Å². The molecule has 20 heavy (non-hydrogen) atoms. The average molecular weight is 311 g/mol. The summed E-state index contributed by atoms with van der Waals surface area (Å²) < 4.78 is 0. The Morgan fingerprint density at radius 1 is 0.800 bits per heavy atom. The molecule has 114 valence electrons. The fourth-order valence-electron chi connectivity index (χ4n) is 2.86. The first-order chi connectivity index (χ1) is 9.88. The zero-order chi connectivity index (χ0) is 14.5. The Morgan fingerprint density at radius 2 is 1.40 bits per heavy atom. The predicted molar refractivity (Wildman–Crippen MR) is 96.2 cm³/mol. The zero-order valence-electron chi connectivity index (χ0n) is 13.1. The molecular formula is C18H31ClSi. The van der Waals surface area contributed by atoms with Gasteiger partial charge in [-0.25, -0.2) is 0 Å². The lowest BCUT2D eigenvalue weighted by atomic mass is 10.1. The smallest absolute Gasteiger partial charge is 0.0708 e. The summed E-state index contributed by atoms with van der Waals surface area (Å²) in [5.74, 6) is 0.826. The third kappa shape index (κ3) is 8.11. The van der Waals surface area contributed by atoms with E-state index in [9.17, 15) is 0 Å². The minimum absolute atomic E-state index is 0.741. The van der Waals surface area contributed by atoms with Gasteiger partial charge in [0.25, 0.3) is 0 Å². The van der Waals surface area contributed by atoms with Gasteiger partial charge < -0.3 is 0 Å². The maximum atomic E-state index is 5.82. The van der Waals surface area contributed by atoms with Gasteiger partial charge in [0.2, 0.25) is 0 Å². The lowest BCUT2D eigenvalue weighted by Gasteiger charge is -2.15. The van der Waals surface area contributed by atoms with Crippen molar-refractivity contribution in [2.45, 2.75) is 70.4 Å². The van der Waals surface area contributed by atoms with Gasteiger partial charge in [-0.2, -0.15) is 0 Å². The van der Waals surface area contributed by atoms with Crippen LogP contribution >= 0.6 is 11.6 Å². The third-order valence-corrected chi connectivity index (χ3v) is 7.92. The lowest BCUT2D eigenvalue weighted by Crippen LogP contribution is -2.29. The SMILES string of the molecule is CCCCCCCC[SiH](CCCCCl)c1ccccc1. The van der Waals surface area contributed by atoms with Crippen molar-refractivity contribution in [3.05, 3.63) is 30.3 Å². The van der Waals surface area contributed by atoms with Gasteiger partial charge in [-0.05, 0) is 6.42 Å². The number of halogens is 1. The van der Waals surface area contributed by atoms with E-state index in [-0.39, 0.29) is 0 Å². The molecule has 0 spiro atoms. The van der Waals surface area contributed by atoms with Crippen LogP contribution in [0.15, 0.2) is 30.3 Å². The van der Waals surface area contributed by atoms with Gasteiger partial charge in [0.05, 0.1) is 8.80 Å². The molecule has 1 atom stereocenters. The summed E-state index contributed by atoms with van der Waals surface area (Å²) in [6, 6.07) is 14.2. The molecule has 0 aromatic heterocycles. The second-order valence-electron chi connectivity index (χ2n) is 5.85. The second-order valence-corrected chi connectivity index (χ2v) is 9.44. The Hall–Kier alpha value is -0.273. The molecule has 0 aliphatic heterocycles. The van der Waals surface area contributed by atoms with Gasteiger partial charge in [-0.15, -0.1) is 11.6 Å². The van der Waals surface area contributed by atoms with Crippen molar-refractivity contribution in [2.75, 3.05) is 5.88 Å². The van der Waals surface area contributed by atoms with Crippen LogP contribution in [0.3, 0.4) is 0 Å². The number of hydrogen-bond acceptors (Lipinski definition) is 0. The Balaban J connectivity index is 2.31. The van der Waals surface area contributed by atoms with Gasteiger partial charge in [0.15, 0.2) is 0 Å². The standard InChI is InChI=1S/C18H31ClSi/c1-2-3-4-5-6-11-16-20(17-12-10-15-19)18-13-8-7-9-14-18/h7-9,13-14,20H,2-6,10-12,15-17H2,1H3. The zero-order valence-corrected chi connectivity index (χ0v) is 15.0. The summed E-state index contributed by atoms with van der Waals surface area (Å²) in [6.07, 6.45) is 11.0. The highest BCUT2D eigenvalue weighted by Crippen LogP contribution is 2.13. The van der Waals surface area contributed by atoms with Gasteiger partial charge in [-0.3, -0.25) is 0 Å². The number of hydrogen-bond donors (Lipinski definition) is 0. The largest absolute Gasteiger partial charge is 0.127 e. The molecule has 0 aliphatic rings. The van der Waals surface area contributed by atoms with Crippen molar-refractivity contribution in [3.63, 3.8) is 0 Å². The van der Waals surface area contributed by atoms with E-state index in [4.69, 9.17) is 11.6 Å². The molecule has 0 nitrogen and oxygen atoms in total. The van der Waals surface area contributed by atoms with Crippen LogP contribution in [0.4, 0.5) is 0 Å². The highest BCUT2D eigenvalue weighted by atomic mass is 35.5. The second kappa shape index (κ2) is 12.5. The molecule has 1 aromatic rings. The van der Waals surface area contributed by atoms with Gasteiger partial charge in [-0.1, -0.05) is 99.5 Å². The molecule has 0 radical (unpaired) electrons. The highest BCUT2D eigenvalue weighted by molar-refractivity contribution is 6.73. The van der Waals surface area contributed by atoms with Crippen LogP contribution in [0.2, 0.25) is 12.1 Å². The van der Waals surface area contributed by atoms with Crippen molar-refractivity contribution in [1.82, 2.24) is 0 Å². The lowest BCUT2D eigenvalue weighted by molar-refractivity contribution is 0.623. The molecule has 0 saturated heterocycles. The molecule has 0 saturated carbocycles. The monoisotopic (exact) mass is 310 g/mol. The number of alkyl halides is 1. The van der Waals surface area contributed by atoms with Crippen LogP contribution in [0.1, 0.15) is 58.3 Å². The molecule has 0 amide bonds. The third-order valence-electron chi connectivity index (χ3n) is 4.11. The predicted octanol–water partition coefficient (Wildman–Crippen LogP) is 5.50. The van der Waals surface area contributed by atoms with Crippen LogP contribution in [0.5, 0.6) is 0 Å². The van der Waals surface area contributed by atoms with Crippen molar-refractivity contribution in [3.8, 4) is 0 Å². The summed E-state index contributed by atoms with van der Waals surface area (Å²) in [7, 11) is -0.741. The van der Waals surface area contributed by atoms with Gasteiger partial charge in [0, 0.05) is 5.88 Å². The molecule has 0 bridgehead atoms. The summed E-state index contributed by atoms with van der Waals surface area (Å²) in [6.45, 7) is 2.29. The van der Waals surface area contributed by atoms with Crippen molar-refractivity contribution in [1.29, 1.82) is 0 Å². The van der Waals surface area contributed by atoms with Crippen LogP contribution < -0.4 is 5.19 Å². The minimum Gasteiger partial charge on any atom is -0.127 e. The summed E-state index contributed by atoms with van der Waals surface area (Å²) in [5, 5.41) is 1.66. The first-order valence-electron chi connectivity index (χ1n) is 8.49. The molecule has 1 aromatic carbocycles. The van der Waals surface area contributed by atoms with Gasteiger partial charge >= 0.3 is 0 Å². The van der Waals surface area contributed by atoms with E-state index in [1.54, 1.807) is 5.19 Å². The topological polar surface area (TPSA) is 0 Å². The minimum atomic E-state index is -0.741. The molecule has 1 rings (SSSR count). The van der Waals surface area contributed by atoms with E-state index >= 15 is 0 Å². The maximum absolute atomic E-state index is 5.82. The van der Waals surface area contributed by atoms with E-state index in [2.05, 4.69) is 37.3 Å². The molecule has 0 N–H and O–H groups in total. The molecule has 0 aliphatic carbocycles. The highest BCUT2D eigenvalue weighted by Gasteiger charge is 2.12. The fourth-order valence-corrected chi connectivity index (χ4v) is 6.33. The van der Waals surface area contributed by atoms with Crippen LogP contribution in [-0.4, -0.2) is 14.7 Å². The van der Waals surface area contributed by atoms with E-state index < -0.39 is 8.80 Å². The number of benzene rings is 1. The average Bonchev–Trinajstić information content (AvgIpc) is 2.50. The maximum Gasteiger partial charge on any atom is 0.0708 e. The quantitative estimate of drug-likeness (QED) is 0.272. The van der Waals surface area contributed by atoms with E-state index in [0.29, 0.717) is 0 Å². The Bertz CT molecular complexity index is 312. The summed E-state index contributed by atoms with van der Waals surface area (Å²) in [5.41, 5.74) is 0. The number of unbranched alkanes of at least 4 members (excludes halogenated alkanes) is 6. The molecule has 0 fully saturated rings. The molecular weight excluding hydrogens is 280 g/mol. The van der Waals surface area contributed by atoms with Crippen LogP contribution in [-0.2, 0) is 0 Å². The fraction of sp³-hybridized carbons (Fsp3) is 0.667. The molecule has 1 unspecified atom stereocenters. The molecule has 0 heterocycles. The Labute approximate surface area is 132 Å². The van der Waals surface area contributed by atoms with E-state index in [0.717, 1.165) is 5.88 Å². The summed E-state index contributed by atoms with van der Waals surface area (Å²) >= 11 is 5.82. The normalized spacial score (nSPS) is 12.5. The molecule has 2 heteroatoms. The van der Waals surface area contributed by atoms with E-state index in [1.165, 1.54) is 63.5 Å². The van der Waals surface area contributed by atoms with Crippen LogP contribution in [0, 0.1) is 0 Å². The first-order valence-corrected chi connectivity index (χ1v) is 11.2. The van der Waals surface area contributed by atoms with Crippen LogP contribution in [0.25, 0.3) is 0 Å². The Morgan fingerprint density at radius 3 is 2.05 bits per heavy atom. The Kier molecular flexibility index (Phi) is 11.1.